The minimum Gasteiger partial charge on any atom is -0.355 e. The molecule has 23 heavy (non-hydrogen) atoms. The second-order valence-electron chi connectivity index (χ2n) is 4.93. The van der Waals surface area contributed by atoms with Crippen LogP contribution in [0.3, 0.4) is 0 Å². The van der Waals surface area contributed by atoms with E-state index in [0.717, 1.165) is 4.31 Å². The van der Waals surface area contributed by atoms with E-state index in [2.05, 4.69) is 5.32 Å². The van der Waals surface area contributed by atoms with Crippen LogP contribution in [0.15, 0.2) is 29.2 Å². The van der Waals surface area contributed by atoms with Crippen LogP contribution in [0.5, 0.6) is 0 Å². The summed E-state index contributed by atoms with van der Waals surface area (Å²) in [7, 11) is -0.915. The number of sulfonamides is 1. The Kier molecular flexibility index (Phi) is 6.71. The number of amides is 2. The van der Waals surface area contributed by atoms with Crippen LogP contribution in [0, 0.1) is 0 Å². The van der Waals surface area contributed by atoms with Gasteiger partial charge in [0.2, 0.25) is 15.9 Å². The Hall–Kier alpha value is -1.93. The zero-order valence-corrected chi connectivity index (χ0v) is 14.7. The first-order valence-corrected chi connectivity index (χ1v) is 8.78. The van der Waals surface area contributed by atoms with E-state index >= 15 is 0 Å². The monoisotopic (exact) mass is 341 g/mol. The van der Waals surface area contributed by atoms with Gasteiger partial charge in [-0.2, -0.15) is 4.31 Å². The molecule has 0 aromatic heterocycles. The predicted molar refractivity (Wildman–Crippen MR) is 87.6 cm³/mol. The number of nitrogens with zero attached hydrogens (tertiary/aromatic N) is 2. The molecule has 0 bridgehead atoms. The van der Waals surface area contributed by atoms with Crippen LogP contribution < -0.4 is 5.32 Å². The van der Waals surface area contributed by atoms with Crippen molar-refractivity contribution in [2.45, 2.75) is 18.7 Å². The van der Waals surface area contributed by atoms with Crippen LogP contribution in [-0.2, 0) is 14.8 Å². The van der Waals surface area contributed by atoms with Gasteiger partial charge in [-0.15, -0.1) is 0 Å². The molecule has 1 aromatic carbocycles. The van der Waals surface area contributed by atoms with Gasteiger partial charge in [-0.1, -0.05) is 0 Å². The molecule has 0 aliphatic carbocycles. The normalized spacial score (nSPS) is 11.3. The van der Waals surface area contributed by atoms with Gasteiger partial charge in [-0.3, -0.25) is 9.59 Å². The molecular weight excluding hydrogens is 318 g/mol. The van der Waals surface area contributed by atoms with Crippen molar-refractivity contribution in [3.8, 4) is 0 Å². The zero-order valence-electron chi connectivity index (χ0n) is 13.9. The van der Waals surface area contributed by atoms with Crippen LogP contribution in [0.25, 0.3) is 0 Å². The Morgan fingerprint density at radius 1 is 1.09 bits per heavy atom. The third-order valence-corrected chi connectivity index (χ3v) is 5.34. The van der Waals surface area contributed by atoms with Gasteiger partial charge in [-0.05, 0) is 38.1 Å². The first-order chi connectivity index (χ1) is 10.8. The van der Waals surface area contributed by atoms with Gasteiger partial charge in [0.25, 0.3) is 5.91 Å². The van der Waals surface area contributed by atoms with Gasteiger partial charge >= 0.3 is 0 Å². The van der Waals surface area contributed by atoms with Gasteiger partial charge in [0.1, 0.15) is 0 Å². The highest BCUT2D eigenvalue weighted by Crippen LogP contribution is 2.15. The van der Waals surface area contributed by atoms with E-state index in [4.69, 9.17) is 0 Å². The molecule has 1 rings (SSSR count). The highest BCUT2D eigenvalue weighted by Gasteiger charge is 2.24. The van der Waals surface area contributed by atoms with Crippen molar-refractivity contribution in [1.82, 2.24) is 14.5 Å². The van der Waals surface area contributed by atoms with E-state index < -0.39 is 10.0 Å². The Balaban J connectivity index is 2.93. The summed E-state index contributed by atoms with van der Waals surface area (Å²) in [4.78, 5) is 25.1. The number of nitrogens with one attached hydrogen (secondary N) is 1. The highest BCUT2D eigenvalue weighted by molar-refractivity contribution is 7.89. The van der Waals surface area contributed by atoms with Gasteiger partial charge < -0.3 is 10.2 Å². The molecule has 128 valence electrons. The van der Waals surface area contributed by atoms with Crippen LogP contribution >= 0.6 is 0 Å². The Morgan fingerprint density at radius 3 is 2.04 bits per heavy atom. The third-order valence-electron chi connectivity index (χ3n) is 3.53. The van der Waals surface area contributed by atoms with Crippen molar-refractivity contribution >= 4 is 21.8 Å². The van der Waals surface area contributed by atoms with Crippen molar-refractivity contribution < 1.29 is 18.0 Å². The van der Waals surface area contributed by atoms with E-state index in [0.29, 0.717) is 18.7 Å². The minimum atomic E-state index is -3.78. The van der Waals surface area contributed by atoms with E-state index in [-0.39, 0.29) is 23.3 Å². The summed E-state index contributed by atoms with van der Waals surface area (Å²) in [5.74, 6) is -0.540. The molecule has 0 heterocycles. The fraction of sp³-hybridized carbons (Fsp3) is 0.467. The molecule has 0 radical (unpaired) electrons. The topological polar surface area (TPSA) is 86.8 Å². The summed E-state index contributed by atoms with van der Waals surface area (Å²) >= 11 is 0. The molecule has 0 saturated carbocycles. The van der Waals surface area contributed by atoms with Crippen molar-refractivity contribution in [2.24, 2.45) is 0 Å². The Bertz CT molecular complexity index is 652. The quantitative estimate of drug-likeness (QED) is 0.784. The molecule has 7 nitrogen and oxygen atoms in total. The maximum atomic E-state index is 12.5. The van der Waals surface area contributed by atoms with Crippen molar-refractivity contribution in [3.05, 3.63) is 29.8 Å². The van der Waals surface area contributed by atoms with E-state index in [1.54, 1.807) is 4.90 Å². The molecule has 0 saturated heterocycles. The van der Waals surface area contributed by atoms with Crippen LogP contribution in [-0.4, -0.2) is 63.2 Å². The first-order valence-electron chi connectivity index (χ1n) is 7.34. The molecule has 2 amide bonds. The number of carbonyl (C=O) groups excluding carboxylic acids is 2. The van der Waals surface area contributed by atoms with Crippen LogP contribution in [0.1, 0.15) is 24.2 Å². The summed E-state index contributed by atoms with van der Waals surface area (Å²) in [6.45, 7) is 4.52. The molecule has 1 N–H and O–H groups in total. The molecular formula is C15H23N3O4S. The summed E-state index contributed by atoms with van der Waals surface area (Å²) in [5.41, 5.74) is 0.369. The molecule has 0 atom stereocenters. The van der Waals surface area contributed by atoms with Gasteiger partial charge in [0, 0.05) is 32.7 Å². The van der Waals surface area contributed by atoms with Gasteiger partial charge in [0.15, 0.2) is 0 Å². The molecule has 0 aliphatic rings. The van der Waals surface area contributed by atoms with E-state index in [9.17, 15) is 18.0 Å². The largest absolute Gasteiger partial charge is 0.355 e. The number of hydrogen-bond donors (Lipinski definition) is 1. The standard InChI is InChI=1S/C15H23N3O4S/c1-5-18(6-2)14(19)11-17(4)23(21,22)13-9-7-12(8-10-13)15(20)16-3/h7-10H,5-6,11H2,1-4H3,(H,16,20). The van der Waals surface area contributed by atoms with Crippen molar-refractivity contribution in [2.75, 3.05) is 33.7 Å². The van der Waals surface area contributed by atoms with Gasteiger partial charge in [0.05, 0.1) is 11.4 Å². The summed E-state index contributed by atoms with van der Waals surface area (Å²) in [6, 6.07) is 5.59. The van der Waals surface area contributed by atoms with Crippen molar-refractivity contribution in [1.29, 1.82) is 0 Å². The molecule has 8 heteroatoms. The third kappa shape index (κ3) is 4.52. The fourth-order valence-electron chi connectivity index (χ4n) is 2.05. The number of hydrogen-bond acceptors (Lipinski definition) is 4. The number of likely N-dealkylation sites (N-methyl/N-ethyl adjacent to an activating group) is 2. The first kappa shape index (κ1) is 19.1. The second-order valence-corrected chi connectivity index (χ2v) is 6.98. The van der Waals surface area contributed by atoms with E-state index in [1.165, 1.54) is 38.4 Å². The average molecular weight is 341 g/mol. The number of benzene rings is 1. The molecule has 1 aromatic rings. The number of carbonyl (C=O) groups is 2. The number of rotatable bonds is 7. The maximum Gasteiger partial charge on any atom is 0.251 e. The maximum absolute atomic E-state index is 12.5. The lowest BCUT2D eigenvalue weighted by molar-refractivity contribution is -0.130. The SMILES string of the molecule is CCN(CC)C(=O)CN(C)S(=O)(=O)c1ccc(C(=O)NC)cc1. The average Bonchev–Trinajstić information content (AvgIpc) is 2.55. The predicted octanol–water partition coefficient (Wildman–Crippen LogP) is 0.535. The Labute approximate surface area is 137 Å². The lowest BCUT2D eigenvalue weighted by Crippen LogP contribution is -2.40. The highest BCUT2D eigenvalue weighted by atomic mass is 32.2. The Morgan fingerprint density at radius 2 is 1.61 bits per heavy atom. The lowest BCUT2D eigenvalue weighted by Gasteiger charge is -2.23. The smallest absolute Gasteiger partial charge is 0.251 e. The minimum absolute atomic E-state index is 0.0417. The molecule has 0 spiro atoms. The fourth-order valence-corrected chi connectivity index (χ4v) is 3.17. The van der Waals surface area contributed by atoms with Crippen molar-refractivity contribution in [3.63, 3.8) is 0 Å². The second kappa shape index (κ2) is 8.07. The zero-order chi connectivity index (χ0) is 17.6. The van der Waals surface area contributed by atoms with Gasteiger partial charge in [-0.25, -0.2) is 8.42 Å². The molecule has 0 fully saturated rings. The lowest BCUT2D eigenvalue weighted by atomic mass is 10.2. The van der Waals surface area contributed by atoms with Crippen LogP contribution in [0.4, 0.5) is 0 Å². The summed E-state index contributed by atoms with van der Waals surface area (Å²) < 4.78 is 26.0. The molecule has 0 aliphatic heterocycles. The summed E-state index contributed by atoms with van der Waals surface area (Å²) in [6.07, 6.45) is 0. The summed E-state index contributed by atoms with van der Waals surface area (Å²) in [5, 5.41) is 2.46. The van der Waals surface area contributed by atoms with Crippen LogP contribution in [0.2, 0.25) is 0 Å². The molecule has 0 unspecified atom stereocenters. The van der Waals surface area contributed by atoms with E-state index in [1.807, 2.05) is 13.8 Å².